The Balaban J connectivity index is 2.67. The predicted molar refractivity (Wildman–Crippen MR) is 173 cm³/mol. The maximum atomic E-state index is 5.69. The zero-order valence-electron chi connectivity index (χ0n) is 26.7. The number of rotatable bonds is 28. The summed E-state index contributed by atoms with van der Waals surface area (Å²) in [7, 11) is 0. The van der Waals surface area contributed by atoms with Gasteiger partial charge in [0.1, 0.15) is 0 Å². The van der Waals surface area contributed by atoms with Crippen LogP contribution in [0.4, 0.5) is 0 Å². The summed E-state index contributed by atoms with van der Waals surface area (Å²) in [5.41, 5.74) is 11.4. The lowest BCUT2D eigenvalue weighted by Gasteiger charge is -2.44. The van der Waals surface area contributed by atoms with Gasteiger partial charge in [0.2, 0.25) is 0 Å². The Morgan fingerprint density at radius 1 is 0.368 bits per heavy atom. The van der Waals surface area contributed by atoms with E-state index in [1.54, 1.807) is 19.3 Å². The largest absolute Gasteiger partial charge is 0.330 e. The van der Waals surface area contributed by atoms with Crippen molar-refractivity contribution in [1.29, 1.82) is 0 Å². The molecule has 228 valence electrons. The zero-order chi connectivity index (χ0) is 27.5. The fourth-order valence-corrected chi connectivity index (χ4v) is 7.65. The molecule has 0 spiro atoms. The molecule has 0 aromatic heterocycles. The normalized spacial score (nSPS) is 21.8. The van der Waals surface area contributed by atoms with Gasteiger partial charge in [0.05, 0.1) is 0 Å². The summed E-state index contributed by atoms with van der Waals surface area (Å²) in [5.74, 6) is 4.11. The average molecular weight is 535 g/mol. The van der Waals surface area contributed by atoms with Crippen LogP contribution in [0.2, 0.25) is 0 Å². The Morgan fingerprint density at radius 3 is 1.03 bits per heavy atom. The van der Waals surface area contributed by atoms with Gasteiger partial charge in [-0.25, -0.2) is 0 Å². The van der Waals surface area contributed by atoms with Gasteiger partial charge >= 0.3 is 0 Å². The minimum absolute atomic E-state index is 0.872. The topological polar surface area (TPSA) is 52.0 Å². The molecule has 4 atom stereocenters. The molecular formula is C36H74N2. The Morgan fingerprint density at radius 2 is 0.658 bits per heavy atom. The third-order valence-corrected chi connectivity index (χ3v) is 10.0. The standard InChI is InChI=1S/C36H74N2/c1-3-5-7-9-16-22-28-36-34(26-20-15-11-13-18-24-32-38)30-29-33(35(36)27-21-8-6-4-2)25-19-14-10-12-17-23-31-37/h33-36H,3-32,37-38H2,1-2H3. The van der Waals surface area contributed by atoms with Gasteiger partial charge in [-0.05, 0) is 75.3 Å². The molecule has 0 heterocycles. The van der Waals surface area contributed by atoms with Gasteiger partial charge in [-0.1, -0.05) is 155 Å². The first-order chi connectivity index (χ1) is 18.8. The molecule has 0 saturated heterocycles. The van der Waals surface area contributed by atoms with E-state index in [9.17, 15) is 0 Å². The van der Waals surface area contributed by atoms with Gasteiger partial charge in [0, 0.05) is 0 Å². The second-order valence-electron chi connectivity index (χ2n) is 13.2. The molecule has 0 amide bonds. The van der Waals surface area contributed by atoms with Crippen molar-refractivity contribution in [2.75, 3.05) is 13.1 Å². The number of hydrogen-bond acceptors (Lipinski definition) is 2. The number of unbranched alkanes of at least 4 members (excludes halogenated alkanes) is 18. The lowest BCUT2D eigenvalue weighted by Crippen LogP contribution is -2.35. The van der Waals surface area contributed by atoms with Crippen LogP contribution in [0.25, 0.3) is 0 Å². The smallest absolute Gasteiger partial charge is 0.00773 e. The minimum atomic E-state index is 0.872. The third kappa shape index (κ3) is 18.3. The quantitative estimate of drug-likeness (QED) is 0.0980. The zero-order valence-corrected chi connectivity index (χ0v) is 26.7. The van der Waals surface area contributed by atoms with Crippen molar-refractivity contribution in [3.8, 4) is 0 Å². The van der Waals surface area contributed by atoms with Crippen molar-refractivity contribution in [2.24, 2.45) is 35.1 Å². The molecule has 0 aliphatic heterocycles. The van der Waals surface area contributed by atoms with E-state index in [2.05, 4.69) is 13.8 Å². The predicted octanol–water partition coefficient (Wildman–Crippen LogP) is 11.3. The van der Waals surface area contributed by atoms with Crippen LogP contribution in [-0.4, -0.2) is 13.1 Å². The molecule has 2 heteroatoms. The second kappa shape index (κ2) is 27.1. The van der Waals surface area contributed by atoms with E-state index in [0.717, 1.165) is 36.8 Å². The average Bonchev–Trinajstić information content (AvgIpc) is 2.93. The van der Waals surface area contributed by atoms with E-state index in [1.165, 1.54) is 161 Å². The first-order valence-electron chi connectivity index (χ1n) is 18.2. The van der Waals surface area contributed by atoms with Crippen LogP contribution in [0.5, 0.6) is 0 Å². The molecule has 1 fully saturated rings. The summed E-state index contributed by atoms with van der Waals surface area (Å²) in [4.78, 5) is 0. The fourth-order valence-electron chi connectivity index (χ4n) is 7.65. The molecule has 0 radical (unpaired) electrons. The summed E-state index contributed by atoms with van der Waals surface area (Å²) in [6, 6.07) is 0. The lowest BCUT2D eigenvalue weighted by molar-refractivity contribution is 0.0581. The minimum Gasteiger partial charge on any atom is -0.330 e. The van der Waals surface area contributed by atoms with Crippen LogP contribution in [0.3, 0.4) is 0 Å². The molecule has 4 N–H and O–H groups in total. The van der Waals surface area contributed by atoms with Gasteiger partial charge in [0.15, 0.2) is 0 Å². The molecule has 0 aromatic rings. The van der Waals surface area contributed by atoms with E-state index in [-0.39, 0.29) is 0 Å². The summed E-state index contributed by atoms with van der Waals surface area (Å²) < 4.78 is 0. The third-order valence-electron chi connectivity index (χ3n) is 10.0. The van der Waals surface area contributed by atoms with Gasteiger partial charge in [0.25, 0.3) is 0 Å². The SMILES string of the molecule is CCCCCCCCC1C(CCCCCCCCN)CCC(CCCCCCCCN)C1CCCCCC. The number of nitrogens with two attached hydrogens (primary N) is 2. The van der Waals surface area contributed by atoms with E-state index >= 15 is 0 Å². The van der Waals surface area contributed by atoms with Crippen LogP contribution in [0, 0.1) is 23.7 Å². The van der Waals surface area contributed by atoms with Crippen LogP contribution >= 0.6 is 0 Å². The van der Waals surface area contributed by atoms with Crippen molar-refractivity contribution in [3.63, 3.8) is 0 Å². The highest BCUT2D eigenvalue weighted by Gasteiger charge is 2.37. The summed E-state index contributed by atoms with van der Waals surface area (Å²) in [5, 5.41) is 0. The van der Waals surface area contributed by atoms with E-state index in [4.69, 9.17) is 11.5 Å². The van der Waals surface area contributed by atoms with Crippen LogP contribution in [0.15, 0.2) is 0 Å². The fraction of sp³-hybridized carbons (Fsp3) is 1.00. The van der Waals surface area contributed by atoms with Gasteiger partial charge in [-0.3, -0.25) is 0 Å². The molecule has 0 bridgehead atoms. The van der Waals surface area contributed by atoms with Crippen molar-refractivity contribution < 1.29 is 0 Å². The highest BCUT2D eigenvalue weighted by Crippen LogP contribution is 2.47. The molecule has 1 aliphatic rings. The summed E-state index contributed by atoms with van der Waals surface area (Å²) >= 11 is 0. The number of hydrogen-bond donors (Lipinski definition) is 2. The summed E-state index contributed by atoms with van der Waals surface area (Å²) in [6.45, 7) is 6.45. The van der Waals surface area contributed by atoms with E-state index in [0.29, 0.717) is 0 Å². The molecule has 1 saturated carbocycles. The first kappa shape index (κ1) is 35.9. The maximum Gasteiger partial charge on any atom is -0.00773 e. The van der Waals surface area contributed by atoms with Crippen LogP contribution in [0.1, 0.15) is 194 Å². The molecular weight excluding hydrogens is 460 g/mol. The second-order valence-corrected chi connectivity index (χ2v) is 13.2. The lowest BCUT2D eigenvalue weighted by atomic mass is 9.61. The molecule has 1 rings (SSSR count). The highest BCUT2D eigenvalue weighted by atomic mass is 14.5. The van der Waals surface area contributed by atoms with Gasteiger partial charge in [-0.15, -0.1) is 0 Å². The Labute approximate surface area is 241 Å². The molecule has 4 unspecified atom stereocenters. The Bertz CT molecular complexity index is 464. The molecule has 38 heavy (non-hydrogen) atoms. The van der Waals surface area contributed by atoms with E-state index < -0.39 is 0 Å². The van der Waals surface area contributed by atoms with Crippen LogP contribution < -0.4 is 11.5 Å². The molecule has 1 aliphatic carbocycles. The summed E-state index contributed by atoms with van der Waals surface area (Å²) in [6.07, 6.45) is 40.4. The maximum absolute atomic E-state index is 5.69. The molecule has 2 nitrogen and oxygen atoms in total. The Kier molecular flexibility index (Phi) is 25.6. The van der Waals surface area contributed by atoms with Gasteiger partial charge < -0.3 is 11.5 Å². The first-order valence-corrected chi connectivity index (χ1v) is 18.2. The van der Waals surface area contributed by atoms with E-state index in [1.807, 2.05) is 0 Å². The van der Waals surface area contributed by atoms with Crippen molar-refractivity contribution in [2.45, 2.75) is 194 Å². The van der Waals surface area contributed by atoms with Crippen LogP contribution in [-0.2, 0) is 0 Å². The Hall–Kier alpha value is -0.0800. The monoisotopic (exact) mass is 535 g/mol. The highest BCUT2D eigenvalue weighted by molar-refractivity contribution is 4.88. The van der Waals surface area contributed by atoms with Crippen molar-refractivity contribution in [1.82, 2.24) is 0 Å². The van der Waals surface area contributed by atoms with Crippen molar-refractivity contribution in [3.05, 3.63) is 0 Å². The molecule has 0 aromatic carbocycles. The van der Waals surface area contributed by atoms with Gasteiger partial charge in [-0.2, -0.15) is 0 Å². The van der Waals surface area contributed by atoms with Crippen molar-refractivity contribution >= 4 is 0 Å².